The Labute approximate surface area is 238 Å². The van der Waals surface area contributed by atoms with E-state index in [9.17, 15) is 14.4 Å². The first kappa shape index (κ1) is 27.2. The van der Waals surface area contributed by atoms with E-state index in [1.54, 1.807) is 84.2 Å². The van der Waals surface area contributed by atoms with Crippen LogP contribution in [0.3, 0.4) is 0 Å². The van der Waals surface area contributed by atoms with Gasteiger partial charge in [-0.2, -0.15) is 5.10 Å². The maximum Gasteiger partial charge on any atom is 0.353 e. The van der Waals surface area contributed by atoms with Gasteiger partial charge in [-0.1, -0.05) is 30.3 Å². The summed E-state index contributed by atoms with van der Waals surface area (Å²) in [5.74, 6) is 0.0589. The Bertz CT molecular complexity index is 1630. The van der Waals surface area contributed by atoms with Gasteiger partial charge in [0, 0.05) is 5.56 Å². The minimum atomic E-state index is -0.656. The highest BCUT2D eigenvalue weighted by Gasteiger charge is 2.17. The second-order valence-corrected chi connectivity index (χ2v) is 9.41. The van der Waals surface area contributed by atoms with Crippen molar-refractivity contribution in [3.05, 3.63) is 112 Å². The monoisotopic (exact) mass is 569 g/mol. The predicted molar refractivity (Wildman–Crippen MR) is 152 cm³/mol. The van der Waals surface area contributed by atoms with E-state index < -0.39 is 17.8 Å². The molecule has 0 aliphatic carbocycles. The number of hydrogen-bond acceptors (Lipinski definition) is 9. The van der Waals surface area contributed by atoms with Gasteiger partial charge in [-0.3, -0.25) is 9.59 Å². The van der Waals surface area contributed by atoms with Crippen molar-refractivity contribution in [2.24, 2.45) is 5.10 Å². The molecule has 0 atom stereocenters. The van der Waals surface area contributed by atoms with Gasteiger partial charge in [-0.05, 0) is 71.1 Å². The Morgan fingerprint density at radius 2 is 1.71 bits per heavy atom. The predicted octanol–water partition coefficient (Wildman–Crippen LogP) is 4.63. The van der Waals surface area contributed by atoms with Crippen LogP contribution in [0.5, 0.6) is 23.0 Å². The fraction of sp³-hybridized carbons (Fsp3) is 0.0667. The summed E-state index contributed by atoms with van der Waals surface area (Å²) in [6.07, 6.45) is 2.90. The molecular weight excluding hydrogens is 546 g/mol. The van der Waals surface area contributed by atoms with Crippen molar-refractivity contribution >= 4 is 41.4 Å². The van der Waals surface area contributed by atoms with Crippen molar-refractivity contribution in [2.45, 2.75) is 0 Å². The molecule has 0 saturated carbocycles. The zero-order valence-electron chi connectivity index (χ0n) is 21.7. The number of carbonyl (C=O) groups excluding carboxylic acids is 3. The number of hydrogen-bond donors (Lipinski definition) is 2. The average molecular weight is 570 g/mol. The maximum absolute atomic E-state index is 13.1. The molecule has 1 aliphatic rings. The molecule has 206 valence electrons. The number of methoxy groups -OCH3 is 1. The average Bonchev–Trinajstić information content (AvgIpc) is 3.70. The van der Waals surface area contributed by atoms with Crippen LogP contribution in [-0.2, 0) is 4.79 Å². The van der Waals surface area contributed by atoms with Crippen LogP contribution < -0.4 is 29.7 Å². The highest BCUT2D eigenvalue weighted by Crippen LogP contribution is 2.33. The molecule has 0 spiro atoms. The van der Waals surface area contributed by atoms with E-state index in [-0.39, 0.29) is 18.2 Å². The molecule has 0 radical (unpaired) electrons. The topological polar surface area (TPSA) is 125 Å². The van der Waals surface area contributed by atoms with Gasteiger partial charge in [0.15, 0.2) is 23.0 Å². The summed E-state index contributed by atoms with van der Waals surface area (Å²) < 4.78 is 21.5. The highest BCUT2D eigenvalue weighted by molar-refractivity contribution is 7.12. The molecule has 2 N–H and O–H groups in total. The van der Waals surface area contributed by atoms with E-state index in [1.807, 2.05) is 0 Å². The van der Waals surface area contributed by atoms with Crippen LogP contribution in [0.2, 0.25) is 0 Å². The Hall–Kier alpha value is -5.42. The molecule has 10 nitrogen and oxygen atoms in total. The lowest BCUT2D eigenvalue weighted by molar-refractivity contribution is -0.117. The summed E-state index contributed by atoms with van der Waals surface area (Å²) >= 11 is 1.27. The Balaban J connectivity index is 1.31. The molecule has 11 heteroatoms. The van der Waals surface area contributed by atoms with Gasteiger partial charge in [0.25, 0.3) is 11.8 Å². The lowest BCUT2D eigenvalue weighted by Gasteiger charge is -2.10. The van der Waals surface area contributed by atoms with E-state index in [1.165, 1.54) is 30.7 Å². The van der Waals surface area contributed by atoms with Crippen molar-refractivity contribution in [2.75, 3.05) is 13.9 Å². The number of nitrogens with one attached hydrogen (secondary N) is 2. The summed E-state index contributed by atoms with van der Waals surface area (Å²) in [4.78, 5) is 38.7. The van der Waals surface area contributed by atoms with Crippen molar-refractivity contribution < 1.29 is 33.3 Å². The van der Waals surface area contributed by atoms with Gasteiger partial charge >= 0.3 is 5.97 Å². The molecular formula is C30H23N3O7S. The van der Waals surface area contributed by atoms with Crippen LogP contribution >= 0.6 is 11.3 Å². The Morgan fingerprint density at radius 3 is 2.49 bits per heavy atom. The van der Waals surface area contributed by atoms with Crippen LogP contribution in [0.15, 0.2) is 95.0 Å². The van der Waals surface area contributed by atoms with Gasteiger partial charge in [-0.25, -0.2) is 10.2 Å². The second kappa shape index (κ2) is 12.6. The van der Waals surface area contributed by atoms with Gasteiger partial charge in [0.1, 0.15) is 10.6 Å². The number of benzene rings is 3. The molecule has 0 saturated heterocycles. The molecule has 5 rings (SSSR count). The summed E-state index contributed by atoms with van der Waals surface area (Å²) in [7, 11) is 1.45. The van der Waals surface area contributed by atoms with Gasteiger partial charge in [0.2, 0.25) is 6.79 Å². The zero-order chi connectivity index (χ0) is 28.6. The maximum atomic E-state index is 13.1. The van der Waals surface area contributed by atoms with Crippen molar-refractivity contribution in [3.63, 3.8) is 0 Å². The third kappa shape index (κ3) is 6.78. The summed E-state index contributed by atoms with van der Waals surface area (Å²) in [5.41, 5.74) is 3.94. The Morgan fingerprint density at radius 1 is 0.902 bits per heavy atom. The summed E-state index contributed by atoms with van der Waals surface area (Å²) in [6.45, 7) is 0.109. The highest BCUT2D eigenvalue weighted by atomic mass is 32.1. The van der Waals surface area contributed by atoms with Crippen LogP contribution in [-0.4, -0.2) is 37.9 Å². The van der Waals surface area contributed by atoms with E-state index in [4.69, 9.17) is 18.9 Å². The third-order valence-corrected chi connectivity index (χ3v) is 6.58. The first-order valence-electron chi connectivity index (χ1n) is 12.2. The summed E-state index contributed by atoms with van der Waals surface area (Å²) in [6, 6.07) is 21.9. The molecule has 2 amide bonds. The fourth-order valence-electron chi connectivity index (χ4n) is 3.73. The Kier molecular flexibility index (Phi) is 8.36. The van der Waals surface area contributed by atoms with Crippen LogP contribution in [0, 0.1) is 0 Å². The van der Waals surface area contributed by atoms with Crippen molar-refractivity contribution in [3.8, 4) is 23.0 Å². The number of fused-ring (bicyclic) bond motifs is 1. The number of nitrogens with zero attached hydrogens (tertiary/aromatic N) is 1. The number of rotatable bonds is 9. The van der Waals surface area contributed by atoms with E-state index in [2.05, 4.69) is 15.8 Å². The van der Waals surface area contributed by atoms with Crippen LogP contribution in [0.25, 0.3) is 6.08 Å². The van der Waals surface area contributed by atoms with Crippen LogP contribution in [0.4, 0.5) is 0 Å². The quantitative estimate of drug-likeness (QED) is 0.0991. The second-order valence-electron chi connectivity index (χ2n) is 8.47. The van der Waals surface area contributed by atoms with Gasteiger partial charge < -0.3 is 24.3 Å². The molecule has 41 heavy (non-hydrogen) atoms. The van der Waals surface area contributed by atoms with E-state index in [0.717, 1.165) is 0 Å². The number of ether oxygens (including phenoxy) is 4. The molecule has 2 heterocycles. The molecule has 0 unspecified atom stereocenters. The SMILES string of the molecule is COc1cc(/C=N/NC(=O)/C(=C\c2ccc3c(c2)OCO3)NC(=O)c2ccccc2)ccc1OC(=O)c1cccs1. The zero-order valence-corrected chi connectivity index (χ0v) is 22.5. The number of esters is 1. The lowest BCUT2D eigenvalue weighted by atomic mass is 10.1. The van der Waals surface area contributed by atoms with Crippen molar-refractivity contribution in [1.29, 1.82) is 0 Å². The molecule has 1 aliphatic heterocycles. The minimum absolute atomic E-state index is 0.0386. The van der Waals surface area contributed by atoms with Crippen LogP contribution in [0.1, 0.15) is 31.2 Å². The molecule has 1 aromatic heterocycles. The number of hydrazone groups is 1. The van der Waals surface area contributed by atoms with E-state index in [0.29, 0.717) is 38.8 Å². The number of amides is 2. The normalized spacial score (nSPS) is 12.2. The largest absolute Gasteiger partial charge is 0.493 e. The molecule has 0 bridgehead atoms. The summed E-state index contributed by atoms with van der Waals surface area (Å²) in [5, 5.41) is 8.46. The van der Waals surface area contributed by atoms with Gasteiger partial charge in [-0.15, -0.1) is 11.3 Å². The minimum Gasteiger partial charge on any atom is -0.493 e. The first-order chi connectivity index (χ1) is 20.0. The lowest BCUT2D eigenvalue weighted by Crippen LogP contribution is -2.32. The molecule has 3 aromatic carbocycles. The first-order valence-corrected chi connectivity index (χ1v) is 13.1. The molecule has 4 aromatic rings. The van der Waals surface area contributed by atoms with Gasteiger partial charge in [0.05, 0.1) is 13.3 Å². The smallest absolute Gasteiger partial charge is 0.353 e. The van der Waals surface area contributed by atoms with Crippen molar-refractivity contribution in [1.82, 2.24) is 10.7 Å². The number of carbonyl (C=O) groups is 3. The third-order valence-electron chi connectivity index (χ3n) is 5.73. The standard InChI is InChI=1S/C30H23N3O7S/c1-37-25-16-20(10-12-24(25)40-30(36)27-8-5-13-41-27)17-31-33-29(35)22(32-28(34)21-6-3-2-4-7-21)14-19-9-11-23-26(15-19)39-18-38-23/h2-17H,18H2,1H3,(H,32,34)(H,33,35)/b22-14+,31-17+. The fourth-order valence-corrected chi connectivity index (χ4v) is 4.33. The molecule has 0 fully saturated rings. The number of thiophene rings is 1. The van der Waals surface area contributed by atoms with E-state index >= 15 is 0 Å².